The van der Waals surface area contributed by atoms with Crippen molar-refractivity contribution in [3.8, 4) is 5.75 Å². The molecular formula is C22H27N3O4. The summed E-state index contributed by atoms with van der Waals surface area (Å²) in [6.45, 7) is 3.84. The number of benzene rings is 1. The number of rotatable bonds is 7. The Morgan fingerprint density at radius 2 is 1.90 bits per heavy atom. The van der Waals surface area contributed by atoms with E-state index in [0.29, 0.717) is 23.8 Å². The van der Waals surface area contributed by atoms with Crippen LogP contribution in [0.2, 0.25) is 0 Å². The monoisotopic (exact) mass is 397 g/mol. The third-order valence-corrected chi connectivity index (χ3v) is 5.49. The van der Waals surface area contributed by atoms with Gasteiger partial charge in [-0.05, 0) is 43.5 Å². The normalized spacial score (nSPS) is 17.2. The Labute approximate surface area is 170 Å². The van der Waals surface area contributed by atoms with E-state index in [9.17, 15) is 9.59 Å². The summed E-state index contributed by atoms with van der Waals surface area (Å²) in [5, 5.41) is 6.75. The van der Waals surface area contributed by atoms with Crippen molar-refractivity contribution in [2.75, 3.05) is 13.1 Å². The molecule has 0 radical (unpaired) electrons. The molecule has 7 heteroatoms. The molecular weight excluding hydrogens is 370 g/mol. The second-order valence-corrected chi connectivity index (χ2v) is 7.76. The van der Waals surface area contributed by atoms with E-state index in [2.05, 4.69) is 10.5 Å². The van der Waals surface area contributed by atoms with Gasteiger partial charge in [0.15, 0.2) is 5.76 Å². The molecule has 1 aromatic heterocycles. The van der Waals surface area contributed by atoms with Crippen LogP contribution < -0.4 is 10.1 Å². The fourth-order valence-electron chi connectivity index (χ4n) is 3.54. The third-order valence-electron chi connectivity index (χ3n) is 5.49. The standard InChI is InChI=1S/C22H27N3O4/c1-2-17-13-20(29-24-17)14-23-21(26)15-5-7-18(8-6-15)28-19-9-11-25(12-10-19)22(27)16-3-4-16/h5-8,13,16,19H,2-4,9-12,14H2,1H3,(H,23,26). The van der Waals surface area contributed by atoms with Crippen LogP contribution in [0.5, 0.6) is 5.75 Å². The highest BCUT2D eigenvalue weighted by Gasteiger charge is 2.35. The minimum Gasteiger partial charge on any atom is -0.490 e. The van der Waals surface area contributed by atoms with Crippen molar-refractivity contribution in [3.05, 3.63) is 47.3 Å². The van der Waals surface area contributed by atoms with Gasteiger partial charge in [0.1, 0.15) is 11.9 Å². The number of nitrogens with one attached hydrogen (secondary N) is 1. The third kappa shape index (κ3) is 4.96. The summed E-state index contributed by atoms with van der Waals surface area (Å²) in [7, 11) is 0. The molecule has 1 aliphatic carbocycles. The molecule has 1 saturated heterocycles. The smallest absolute Gasteiger partial charge is 0.251 e. The molecule has 4 rings (SSSR count). The average molecular weight is 397 g/mol. The predicted octanol–water partition coefficient (Wildman–Crippen LogP) is 2.95. The summed E-state index contributed by atoms with van der Waals surface area (Å²) in [6, 6.07) is 9.00. The summed E-state index contributed by atoms with van der Waals surface area (Å²) < 4.78 is 11.2. The molecule has 2 aliphatic rings. The highest BCUT2D eigenvalue weighted by Crippen LogP contribution is 2.32. The summed E-state index contributed by atoms with van der Waals surface area (Å²) >= 11 is 0. The first kappa shape index (κ1) is 19.5. The molecule has 2 heterocycles. The van der Waals surface area contributed by atoms with Gasteiger partial charge in [-0.1, -0.05) is 12.1 Å². The first-order valence-electron chi connectivity index (χ1n) is 10.4. The van der Waals surface area contributed by atoms with Crippen LogP contribution in [0, 0.1) is 5.92 Å². The quantitative estimate of drug-likeness (QED) is 0.776. The van der Waals surface area contributed by atoms with Crippen LogP contribution in [-0.2, 0) is 17.8 Å². The maximum Gasteiger partial charge on any atom is 0.251 e. The fourth-order valence-corrected chi connectivity index (χ4v) is 3.54. The molecule has 1 N–H and O–H groups in total. The Kier molecular flexibility index (Phi) is 5.83. The molecule has 1 aliphatic heterocycles. The van der Waals surface area contributed by atoms with E-state index < -0.39 is 0 Å². The molecule has 2 aromatic rings. The SMILES string of the molecule is CCc1cc(CNC(=O)c2ccc(OC3CCN(C(=O)C4CC4)CC3)cc2)on1. The summed E-state index contributed by atoms with van der Waals surface area (Å²) in [6.07, 6.45) is 4.70. The van der Waals surface area contributed by atoms with Crippen molar-refractivity contribution >= 4 is 11.8 Å². The van der Waals surface area contributed by atoms with Crippen molar-refractivity contribution in [1.29, 1.82) is 0 Å². The number of carbonyl (C=O) groups excluding carboxylic acids is 2. The highest BCUT2D eigenvalue weighted by atomic mass is 16.5. The second-order valence-electron chi connectivity index (χ2n) is 7.76. The lowest BCUT2D eigenvalue weighted by atomic mass is 10.1. The maximum atomic E-state index is 12.3. The van der Waals surface area contributed by atoms with Gasteiger partial charge < -0.3 is 19.5 Å². The van der Waals surface area contributed by atoms with Gasteiger partial charge in [-0.3, -0.25) is 9.59 Å². The Morgan fingerprint density at radius 3 is 2.52 bits per heavy atom. The number of hydrogen-bond acceptors (Lipinski definition) is 5. The van der Waals surface area contributed by atoms with E-state index in [4.69, 9.17) is 9.26 Å². The van der Waals surface area contributed by atoms with Crippen LogP contribution in [0.25, 0.3) is 0 Å². The molecule has 0 unspecified atom stereocenters. The van der Waals surface area contributed by atoms with Crippen LogP contribution >= 0.6 is 0 Å². The summed E-state index contributed by atoms with van der Waals surface area (Å²) in [4.78, 5) is 26.4. The molecule has 2 amide bonds. The van der Waals surface area contributed by atoms with Crippen LogP contribution in [0.1, 0.15) is 54.4 Å². The Hall–Kier alpha value is -2.83. The zero-order chi connectivity index (χ0) is 20.2. The Bertz CT molecular complexity index is 849. The van der Waals surface area contributed by atoms with Gasteiger partial charge in [0.05, 0.1) is 12.2 Å². The molecule has 1 saturated carbocycles. The lowest BCUT2D eigenvalue weighted by Gasteiger charge is -2.32. The minimum absolute atomic E-state index is 0.108. The number of likely N-dealkylation sites (tertiary alicyclic amines) is 1. The first-order chi connectivity index (χ1) is 14.1. The zero-order valence-corrected chi connectivity index (χ0v) is 16.7. The van der Waals surface area contributed by atoms with E-state index in [0.717, 1.165) is 56.6 Å². The van der Waals surface area contributed by atoms with Gasteiger partial charge in [0.2, 0.25) is 5.91 Å². The maximum absolute atomic E-state index is 12.3. The van der Waals surface area contributed by atoms with E-state index in [1.165, 1.54) is 0 Å². The lowest BCUT2D eigenvalue weighted by molar-refractivity contribution is -0.134. The van der Waals surface area contributed by atoms with Crippen molar-refractivity contribution in [1.82, 2.24) is 15.4 Å². The topological polar surface area (TPSA) is 84.7 Å². The summed E-state index contributed by atoms with van der Waals surface area (Å²) in [5.41, 5.74) is 1.44. The van der Waals surface area contributed by atoms with Crippen LogP contribution in [-0.4, -0.2) is 41.1 Å². The number of aromatic nitrogens is 1. The molecule has 154 valence electrons. The lowest BCUT2D eigenvalue weighted by Crippen LogP contribution is -2.42. The number of nitrogens with zero attached hydrogens (tertiary/aromatic N) is 2. The van der Waals surface area contributed by atoms with Gasteiger partial charge in [0, 0.05) is 43.5 Å². The van der Waals surface area contributed by atoms with Crippen LogP contribution in [0.3, 0.4) is 0 Å². The van der Waals surface area contributed by atoms with E-state index in [1.54, 1.807) is 12.1 Å². The van der Waals surface area contributed by atoms with Crippen molar-refractivity contribution in [2.45, 2.75) is 51.7 Å². The number of hydrogen-bond donors (Lipinski definition) is 1. The van der Waals surface area contributed by atoms with Crippen molar-refractivity contribution < 1.29 is 18.8 Å². The van der Waals surface area contributed by atoms with E-state index >= 15 is 0 Å². The van der Waals surface area contributed by atoms with Crippen molar-refractivity contribution in [2.24, 2.45) is 5.92 Å². The number of ether oxygens (including phenoxy) is 1. The van der Waals surface area contributed by atoms with Crippen LogP contribution in [0.4, 0.5) is 0 Å². The number of aryl methyl sites for hydroxylation is 1. The Balaban J connectivity index is 1.23. The summed E-state index contributed by atoms with van der Waals surface area (Å²) in [5.74, 6) is 1.81. The van der Waals surface area contributed by atoms with Gasteiger partial charge in [-0.25, -0.2) is 0 Å². The number of carbonyl (C=O) groups is 2. The van der Waals surface area contributed by atoms with Gasteiger partial charge >= 0.3 is 0 Å². The molecule has 29 heavy (non-hydrogen) atoms. The average Bonchev–Trinajstić information content (AvgIpc) is 3.50. The highest BCUT2D eigenvalue weighted by molar-refractivity contribution is 5.94. The molecule has 1 aromatic carbocycles. The van der Waals surface area contributed by atoms with E-state index in [1.807, 2.05) is 30.0 Å². The number of piperidine rings is 1. The largest absolute Gasteiger partial charge is 0.490 e. The molecule has 7 nitrogen and oxygen atoms in total. The molecule has 2 fully saturated rings. The zero-order valence-electron chi connectivity index (χ0n) is 16.7. The Morgan fingerprint density at radius 1 is 1.17 bits per heavy atom. The van der Waals surface area contributed by atoms with Crippen LogP contribution in [0.15, 0.2) is 34.9 Å². The number of amides is 2. The first-order valence-corrected chi connectivity index (χ1v) is 10.4. The van der Waals surface area contributed by atoms with Crippen molar-refractivity contribution in [3.63, 3.8) is 0 Å². The van der Waals surface area contributed by atoms with Gasteiger partial charge in [-0.15, -0.1) is 0 Å². The molecule has 0 spiro atoms. The van der Waals surface area contributed by atoms with Gasteiger partial charge in [-0.2, -0.15) is 0 Å². The van der Waals surface area contributed by atoms with E-state index in [-0.39, 0.29) is 17.9 Å². The minimum atomic E-state index is -0.169. The molecule has 0 atom stereocenters. The molecule has 0 bridgehead atoms. The predicted molar refractivity (Wildman–Crippen MR) is 106 cm³/mol. The fraction of sp³-hybridized carbons (Fsp3) is 0.500. The van der Waals surface area contributed by atoms with Gasteiger partial charge in [0.25, 0.3) is 5.91 Å². The second kappa shape index (κ2) is 8.68.